The van der Waals surface area contributed by atoms with Gasteiger partial charge in [0.2, 0.25) is 0 Å². The zero-order chi connectivity index (χ0) is 14.0. The number of hydrogen-bond donors (Lipinski definition) is 2. The first kappa shape index (κ1) is 14.8. The Morgan fingerprint density at radius 3 is 2.47 bits per heavy atom. The number of carbonyl (C=O) groups is 1. The van der Waals surface area contributed by atoms with Crippen molar-refractivity contribution in [2.45, 2.75) is 57.5 Å². The van der Waals surface area contributed by atoms with E-state index in [4.69, 9.17) is 0 Å². The normalized spacial score (nSPS) is 41.1. The predicted octanol–water partition coefficient (Wildman–Crippen LogP) is 1.95. The van der Waals surface area contributed by atoms with Crippen molar-refractivity contribution in [3.05, 3.63) is 0 Å². The van der Waals surface area contributed by atoms with Crippen LogP contribution >= 0.6 is 0 Å². The largest absolute Gasteiger partial charge is 0.480 e. The second-order valence-corrected chi connectivity index (χ2v) is 6.79. The summed E-state index contributed by atoms with van der Waals surface area (Å²) in [5.74, 6) is 0.789. The van der Waals surface area contributed by atoms with Crippen LogP contribution in [-0.4, -0.2) is 47.7 Å². The summed E-state index contributed by atoms with van der Waals surface area (Å²) in [6.07, 6.45) is 4.97. The monoisotopic (exact) mass is 268 g/mol. The molecule has 1 saturated heterocycles. The fourth-order valence-corrected chi connectivity index (χ4v) is 4.10. The van der Waals surface area contributed by atoms with Crippen LogP contribution in [0.3, 0.4) is 0 Å². The first-order chi connectivity index (χ1) is 8.97. The van der Waals surface area contributed by atoms with Gasteiger partial charge in [0.25, 0.3) is 0 Å². The van der Waals surface area contributed by atoms with E-state index < -0.39 is 11.5 Å². The highest BCUT2D eigenvalue weighted by molar-refractivity contribution is 5.79. The standard InChI is InChI=1S/C15H28N2O2/c1-11-7-12(2)10-17(9-11)13-5-4-6-15(8-13,16-3)14(18)19/h11-13,16H,4-10H2,1-3H3,(H,18,19). The van der Waals surface area contributed by atoms with Gasteiger partial charge in [-0.1, -0.05) is 13.8 Å². The Labute approximate surface area is 116 Å². The summed E-state index contributed by atoms with van der Waals surface area (Å²) in [6, 6.07) is 0.433. The molecule has 0 amide bonds. The van der Waals surface area contributed by atoms with Gasteiger partial charge in [0.15, 0.2) is 0 Å². The molecule has 0 radical (unpaired) electrons. The highest BCUT2D eigenvalue weighted by Crippen LogP contribution is 2.34. The number of carboxylic acid groups (broad SMARTS) is 1. The molecule has 4 nitrogen and oxygen atoms in total. The number of likely N-dealkylation sites (tertiary alicyclic amines) is 1. The zero-order valence-corrected chi connectivity index (χ0v) is 12.5. The van der Waals surface area contributed by atoms with Crippen LogP contribution in [0.1, 0.15) is 46.0 Å². The number of nitrogens with one attached hydrogen (secondary N) is 1. The molecule has 1 aliphatic carbocycles. The summed E-state index contributed by atoms with van der Waals surface area (Å²) in [6.45, 7) is 6.89. The van der Waals surface area contributed by atoms with E-state index >= 15 is 0 Å². The number of aliphatic carboxylic acids is 1. The number of carboxylic acids is 1. The molecule has 0 aromatic carbocycles. The van der Waals surface area contributed by atoms with Crippen LogP contribution in [0, 0.1) is 11.8 Å². The number of rotatable bonds is 3. The molecule has 4 atom stereocenters. The van der Waals surface area contributed by atoms with Crippen LogP contribution < -0.4 is 5.32 Å². The molecule has 0 aromatic rings. The minimum absolute atomic E-state index is 0.433. The average Bonchev–Trinajstić information content (AvgIpc) is 2.37. The summed E-state index contributed by atoms with van der Waals surface area (Å²) >= 11 is 0. The van der Waals surface area contributed by atoms with Crippen molar-refractivity contribution in [1.82, 2.24) is 10.2 Å². The van der Waals surface area contributed by atoms with E-state index in [0.717, 1.165) is 50.6 Å². The summed E-state index contributed by atoms with van der Waals surface area (Å²) < 4.78 is 0. The lowest BCUT2D eigenvalue weighted by Crippen LogP contribution is -2.58. The van der Waals surface area contributed by atoms with Gasteiger partial charge in [0.1, 0.15) is 5.54 Å². The van der Waals surface area contributed by atoms with E-state index in [2.05, 4.69) is 24.1 Å². The molecule has 2 N–H and O–H groups in total. The molecule has 1 heterocycles. The second-order valence-electron chi connectivity index (χ2n) is 6.79. The minimum Gasteiger partial charge on any atom is -0.480 e. The van der Waals surface area contributed by atoms with Crippen molar-refractivity contribution in [2.75, 3.05) is 20.1 Å². The number of piperidine rings is 1. The van der Waals surface area contributed by atoms with Gasteiger partial charge in [-0.05, 0) is 51.0 Å². The minimum atomic E-state index is -0.702. The van der Waals surface area contributed by atoms with Gasteiger partial charge < -0.3 is 10.4 Å². The van der Waals surface area contributed by atoms with Crippen LogP contribution in [0.25, 0.3) is 0 Å². The Kier molecular flexibility index (Phi) is 4.51. The van der Waals surface area contributed by atoms with Crippen molar-refractivity contribution < 1.29 is 9.90 Å². The highest BCUT2D eigenvalue weighted by atomic mass is 16.4. The van der Waals surface area contributed by atoms with Gasteiger partial charge in [0.05, 0.1) is 0 Å². The van der Waals surface area contributed by atoms with Gasteiger partial charge >= 0.3 is 5.97 Å². The Morgan fingerprint density at radius 2 is 1.95 bits per heavy atom. The third-order valence-electron chi connectivity index (χ3n) is 5.03. The Morgan fingerprint density at radius 1 is 1.32 bits per heavy atom. The van der Waals surface area contributed by atoms with Gasteiger partial charge in [-0.3, -0.25) is 9.69 Å². The number of hydrogen-bond acceptors (Lipinski definition) is 3. The lowest BCUT2D eigenvalue weighted by molar-refractivity contribution is -0.147. The van der Waals surface area contributed by atoms with Crippen LogP contribution in [0.5, 0.6) is 0 Å². The lowest BCUT2D eigenvalue weighted by Gasteiger charge is -2.46. The van der Waals surface area contributed by atoms with E-state index in [-0.39, 0.29) is 0 Å². The number of nitrogens with zero attached hydrogens (tertiary/aromatic N) is 1. The topological polar surface area (TPSA) is 52.6 Å². The molecule has 0 bridgehead atoms. The fraction of sp³-hybridized carbons (Fsp3) is 0.933. The molecule has 1 aliphatic heterocycles. The number of likely N-dealkylation sites (N-methyl/N-ethyl adjacent to an activating group) is 1. The van der Waals surface area contributed by atoms with E-state index in [0.29, 0.717) is 6.04 Å². The zero-order valence-electron chi connectivity index (χ0n) is 12.5. The van der Waals surface area contributed by atoms with Crippen LogP contribution in [0.15, 0.2) is 0 Å². The average molecular weight is 268 g/mol. The van der Waals surface area contributed by atoms with Gasteiger partial charge in [-0.25, -0.2) is 0 Å². The first-order valence-corrected chi connectivity index (χ1v) is 7.63. The Bertz CT molecular complexity index is 324. The SMILES string of the molecule is CNC1(C(=O)O)CCCC(N2CC(C)CC(C)C2)C1. The maximum Gasteiger partial charge on any atom is 0.323 e. The Hall–Kier alpha value is -0.610. The van der Waals surface area contributed by atoms with Crippen molar-refractivity contribution in [1.29, 1.82) is 0 Å². The van der Waals surface area contributed by atoms with Gasteiger partial charge in [0, 0.05) is 19.1 Å². The molecule has 2 aliphatic rings. The summed E-state index contributed by atoms with van der Waals surface area (Å²) in [7, 11) is 1.79. The Balaban J connectivity index is 2.06. The maximum absolute atomic E-state index is 11.6. The van der Waals surface area contributed by atoms with Gasteiger partial charge in [-0.2, -0.15) is 0 Å². The molecule has 1 saturated carbocycles. The molecule has 0 aromatic heterocycles. The van der Waals surface area contributed by atoms with Crippen molar-refractivity contribution >= 4 is 5.97 Å². The summed E-state index contributed by atoms with van der Waals surface area (Å²) in [4.78, 5) is 14.1. The molecular weight excluding hydrogens is 240 g/mol. The smallest absolute Gasteiger partial charge is 0.323 e. The summed E-state index contributed by atoms with van der Waals surface area (Å²) in [5.41, 5.74) is -0.702. The molecule has 4 heteroatoms. The molecule has 110 valence electrons. The molecule has 4 unspecified atom stereocenters. The van der Waals surface area contributed by atoms with Crippen LogP contribution in [-0.2, 0) is 4.79 Å². The molecule has 2 fully saturated rings. The fourth-order valence-electron chi connectivity index (χ4n) is 4.10. The summed E-state index contributed by atoms with van der Waals surface area (Å²) in [5, 5.41) is 12.6. The van der Waals surface area contributed by atoms with E-state index in [1.165, 1.54) is 6.42 Å². The lowest BCUT2D eigenvalue weighted by atomic mass is 9.77. The first-order valence-electron chi connectivity index (χ1n) is 7.63. The van der Waals surface area contributed by atoms with Crippen LogP contribution in [0.4, 0.5) is 0 Å². The third-order valence-corrected chi connectivity index (χ3v) is 5.03. The van der Waals surface area contributed by atoms with Crippen molar-refractivity contribution in [2.24, 2.45) is 11.8 Å². The molecule has 2 rings (SSSR count). The van der Waals surface area contributed by atoms with Crippen LogP contribution in [0.2, 0.25) is 0 Å². The van der Waals surface area contributed by atoms with E-state index in [1.54, 1.807) is 7.05 Å². The third kappa shape index (κ3) is 3.11. The van der Waals surface area contributed by atoms with E-state index in [9.17, 15) is 9.90 Å². The quantitative estimate of drug-likeness (QED) is 0.821. The predicted molar refractivity (Wildman–Crippen MR) is 76.2 cm³/mol. The highest BCUT2D eigenvalue weighted by Gasteiger charge is 2.43. The molecule has 19 heavy (non-hydrogen) atoms. The molecular formula is C15H28N2O2. The van der Waals surface area contributed by atoms with E-state index in [1.807, 2.05) is 0 Å². The van der Waals surface area contributed by atoms with Crippen molar-refractivity contribution in [3.8, 4) is 0 Å². The second kappa shape index (κ2) is 5.80. The molecule has 0 spiro atoms. The maximum atomic E-state index is 11.6. The van der Waals surface area contributed by atoms with Crippen molar-refractivity contribution in [3.63, 3.8) is 0 Å². The van der Waals surface area contributed by atoms with Gasteiger partial charge in [-0.15, -0.1) is 0 Å².